The Labute approximate surface area is 216 Å². The normalized spacial score (nSPS) is 12.3. The summed E-state index contributed by atoms with van der Waals surface area (Å²) in [5.74, 6) is 2.18. The maximum absolute atomic E-state index is 12.6. The molecule has 0 fully saturated rings. The van der Waals surface area contributed by atoms with Crippen molar-refractivity contribution < 1.29 is 18.7 Å². The number of rotatable bonds is 10. The Morgan fingerprint density at radius 2 is 1.76 bits per heavy atom. The number of pyridine rings is 1. The number of hydrogen-bond acceptors (Lipinski definition) is 7. The third kappa shape index (κ3) is 6.34. The predicted molar refractivity (Wildman–Crippen MR) is 138 cm³/mol. The molecular weight excluding hydrogens is 468 g/mol. The molecule has 0 atom stereocenters. The van der Waals surface area contributed by atoms with Crippen LogP contribution in [0.1, 0.15) is 58.4 Å². The molecule has 4 aromatic rings. The zero-order chi connectivity index (χ0) is 25.6. The van der Waals surface area contributed by atoms with E-state index in [0.29, 0.717) is 38.0 Å². The number of ether oxygens (including phenoxy) is 2. The van der Waals surface area contributed by atoms with Crippen LogP contribution in [0.4, 0.5) is 0 Å². The number of fused-ring (bicyclic) bond motifs is 1. The first kappa shape index (κ1) is 24.5. The van der Waals surface area contributed by atoms with E-state index in [4.69, 9.17) is 13.9 Å². The van der Waals surface area contributed by atoms with Gasteiger partial charge in [-0.05, 0) is 46.4 Å². The number of oxazole rings is 1. The SMILES string of the molecule is CC(C)c1ccc(CN(Cc2ccc3c(c2)OCO3)Cc2nc(C(=O)NCc3cccnc3)co2)cc1. The van der Waals surface area contributed by atoms with Crippen molar-refractivity contribution in [3.8, 4) is 11.5 Å². The van der Waals surface area contributed by atoms with E-state index in [1.54, 1.807) is 12.4 Å². The minimum Gasteiger partial charge on any atom is -0.454 e. The smallest absolute Gasteiger partial charge is 0.273 e. The standard InChI is InChI=1S/C29H30N4O4/c1-20(2)24-8-5-21(6-9-24)15-33(16-22-7-10-26-27(12-22)37-19-36-26)17-28-32-25(18-35-28)29(34)31-14-23-4-3-11-30-13-23/h3-13,18,20H,14-17,19H2,1-2H3,(H,31,34). The van der Waals surface area contributed by atoms with E-state index in [-0.39, 0.29) is 18.4 Å². The van der Waals surface area contributed by atoms with Crippen molar-refractivity contribution in [2.75, 3.05) is 6.79 Å². The molecule has 37 heavy (non-hydrogen) atoms. The van der Waals surface area contributed by atoms with Crippen molar-refractivity contribution in [2.45, 2.75) is 45.9 Å². The van der Waals surface area contributed by atoms with Gasteiger partial charge in [-0.25, -0.2) is 4.98 Å². The van der Waals surface area contributed by atoms with Gasteiger partial charge in [0, 0.05) is 32.0 Å². The summed E-state index contributed by atoms with van der Waals surface area (Å²) in [4.78, 5) is 23.4. The molecule has 1 N–H and O–H groups in total. The third-order valence-corrected chi connectivity index (χ3v) is 6.21. The molecule has 8 heteroatoms. The molecule has 2 aromatic heterocycles. The van der Waals surface area contributed by atoms with Crippen molar-refractivity contribution in [3.63, 3.8) is 0 Å². The van der Waals surface area contributed by atoms with E-state index in [9.17, 15) is 4.79 Å². The van der Waals surface area contributed by atoms with Gasteiger partial charge in [-0.1, -0.05) is 50.2 Å². The average molecular weight is 499 g/mol. The quantitative estimate of drug-likeness (QED) is 0.327. The summed E-state index contributed by atoms with van der Waals surface area (Å²) in [6.07, 6.45) is 4.82. The van der Waals surface area contributed by atoms with Crippen LogP contribution in [-0.4, -0.2) is 27.6 Å². The largest absolute Gasteiger partial charge is 0.454 e. The van der Waals surface area contributed by atoms with Crippen LogP contribution in [0.5, 0.6) is 11.5 Å². The zero-order valence-corrected chi connectivity index (χ0v) is 21.0. The predicted octanol–water partition coefficient (Wildman–Crippen LogP) is 5.05. The Kier molecular flexibility index (Phi) is 7.46. The van der Waals surface area contributed by atoms with Crippen LogP contribution in [0, 0.1) is 0 Å². The van der Waals surface area contributed by atoms with Gasteiger partial charge in [-0.15, -0.1) is 0 Å². The molecule has 1 amide bonds. The summed E-state index contributed by atoms with van der Waals surface area (Å²) < 4.78 is 16.7. The fraction of sp³-hybridized carbons (Fsp3) is 0.276. The van der Waals surface area contributed by atoms with Gasteiger partial charge in [-0.3, -0.25) is 14.7 Å². The lowest BCUT2D eigenvalue weighted by Gasteiger charge is -2.21. The molecule has 1 aliphatic heterocycles. The van der Waals surface area contributed by atoms with Crippen molar-refractivity contribution in [2.24, 2.45) is 0 Å². The Bertz CT molecular complexity index is 1340. The van der Waals surface area contributed by atoms with E-state index < -0.39 is 0 Å². The van der Waals surface area contributed by atoms with Gasteiger partial charge in [-0.2, -0.15) is 0 Å². The summed E-state index contributed by atoms with van der Waals surface area (Å²) in [5.41, 5.74) is 4.75. The highest BCUT2D eigenvalue weighted by atomic mass is 16.7. The number of hydrogen-bond donors (Lipinski definition) is 1. The second-order valence-corrected chi connectivity index (χ2v) is 9.40. The van der Waals surface area contributed by atoms with Crippen molar-refractivity contribution >= 4 is 5.91 Å². The fourth-order valence-electron chi connectivity index (χ4n) is 4.19. The van der Waals surface area contributed by atoms with Crippen LogP contribution in [0.15, 0.2) is 77.7 Å². The molecular formula is C29H30N4O4. The van der Waals surface area contributed by atoms with Gasteiger partial charge < -0.3 is 19.2 Å². The Balaban J connectivity index is 1.29. The number of carbonyl (C=O) groups is 1. The number of benzene rings is 2. The van der Waals surface area contributed by atoms with Gasteiger partial charge in [0.05, 0.1) is 6.54 Å². The topological polar surface area (TPSA) is 89.7 Å². The molecule has 2 aromatic carbocycles. The van der Waals surface area contributed by atoms with E-state index in [1.165, 1.54) is 17.4 Å². The van der Waals surface area contributed by atoms with E-state index in [0.717, 1.165) is 22.6 Å². The van der Waals surface area contributed by atoms with Crippen molar-refractivity contribution in [1.29, 1.82) is 0 Å². The lowest BCUT2D eigenvalue weighted by atomic mass is 10.0. The molecule has 0 saturated carbocycles. The molecule has 0 spiro atoms. The third-order valence-electron chi connectivity index (χ3n) is 6.21. The number of aromatic nitrogens is 2. The lowest BCUT2D eigenvalue weighted by Crippen LogP contribution is -2.24. The van der Waals surface area contributed by atoms with Gasteiger partial charge in [0.15, 0.2) is 17.2 Å². The molecule has 0 radical (unpaired) electrons. The summed E-state index contributed by atoms with van der Waals surface area (Å²) in [6, 6.07) is 18.4. The van der Waals surface area contributed by atoms with Gasteiger partial charge >= 0.3 is 0 Å². The summed E-state index contributed by atoms with van der Waals surface area (Å²) >= 11 is 0. The highest BCUT2D eigenvalue weighted by Crippen LogP contribution is 2.33. The lowest BCUT2D eigenvalue weighted by molar-refractivity contribution is 0.0945. The highest BCUT2D eigenvalue weighted by molar-refractivity contribution is 5.91. The second kappa shape index (κ2) is 11.3. The first-order valence-electron chi connectivity index (χ1n) is 12.3. The van der Waals surface area contributed by atoms with Crippen LogP contribution in [0.2, 0.25) is 0 Å². The number of amides is 1. The minimum atomic E-state index is -0.287. The first-order chi connectivity index (χ1) is 18.0. The second-order valence-electron chi connectivity index (χ2n) is 9.40. The fourth-order valence-corrected chi connectivity index (χ4v) is 4.19. The van der Waals surface area contributed by atoms with Gasteiger partial charge in [0.2, 0.25) is 12.7 Å². The van der Waals surface area contributed by atoms with Crippen molar-refractivity contribution in [1.82, 2.24) is 20.2 Å². The molecule has 5 rings (SSSR count). The summed E-state index contributed by atoms with van der Waals surface area (Å²) in [5, 5.41) is 2.86. The first-order valence-corrected chi connectivity index (χ1v) is 12.3. The van der Waals surface area contributed by atoms with Crippen LogP contribution in [0.3, 0.4) is 0 Å². The Morgan fingerprint density at radius 3 is 2.54 bits per heavy atom. The Morgan fingerprint density at radius 1 is 0.973 bits per heavy atom. The molecule has 190 valence electrons. The van der Waals surface area contributed by atoms with Gasteiger partial charge in [0.25, 0.3) is 5.91 Å². The molecule has 0 bridgehead atoms. The summed E-state index contributed by atoms with van der Waals surface area (Å²) in [6.45, 7) is 6.77. The van der Waals surface area contributed by atoms with Crippen LogP contribution in [-0.2, 0) is 26.2 Å². The highest BCUT2D eigenvalue weighted by Gasteiger charge is 2.18. The van der Waals surface area contributed by atoms with E-state index in [1.807, 2.05) is 30.3 Å². The number of nitrogens with zero attached hydrogens (tertiary/aromatic N) is 3. The number of carbonyl (C=O) groups excluding carboxylic acids is 1. The molecule has 8 nitrogen and oxygen atoms in total. The summed E-state index contributed by atoms with van der Waals surface area (Å²) in [7, 11) is 0. The zero-order valence-electron chi connectivity index (χ0n) is 21.0. The number of nitrogens with one attached hydrogen (secondary N) is 1. The molecule has 0 saturated heterocycles. The Hall–Kier alpha value is -4.17. The molecule has 0 aliphatic carbocycles. The van der Waals surface area contributed by atoms with Crippen LogP contribution in [0.25, 0.3) is 0 Å². The maximum Gasteiger partial charge on any atom is 0.273 e. The monoisotopic (exact) mass is 498 g/mol. The van der Waals surface area contributed by atoms with Gasteiger partial charge in [0.1, 0.15) is 6.26 Å². The molecule has 0 unspecified atom stereocenters. The van der Waals surface area contributed by atoms with Crippen LogP contribution < -0.4 is 14.8 Å². The minimum absolute atomic E-state index is 0.243. The van der Waals surface area contributed by atoms with E-state index >= 15 is 0 Å². The van der Waals surface area contributed by atoms with Crippen LogP contribution >= 0.6 is 0 Å². The van der Waals surface area contributed by atoms with E-state index in [2.05, 4.69) is 58.3 Å². The molecule has 3 heterocycles. The van der Waals surface area contributed by atoms with Crippen molar-refractivity contribution in [3.05, 3.63) is 107 Å². The maximum atomic E-state index is 12.6. The average Bonchev–Trinajstić information content (AvgIpc) is 3.57. The molecule has 1 aliphatic rings.